The van der Waals surface area contributed by atoms with Gasteiger partial charge in [0.15, 0.2) is 0 Å². The fourth-order valence-corrected chi connectivity index (χ4v) is 6.36. The molecule has 0 heterocycles. The molecule has 0 saturated heterocycles. The molecule has 52 heavy (non-hydrogen) atoms. The lowest BCUT2D eigenvalue weighted by atomic mass is 10.0. The summed E-state index contributed by atoms with van der Waals surface area (Å²) in [6, 6.07) is 0. The molecule has 0 bridgehead atoms. The van der Waals surface area contributed by atoms with Crippen molar-refractivity contribution in [2.45, 2.75) is 245 Å². The van der Waals surface area contributed by atoms with Gasteiger partial charge in [-0.1, -0.05) is 244 Å². The minimum atomic E-state index is -0.935. The lowest BCUT2D eigenvalue weighted by Crippen LogP contribution is -1.92. The molecule has 3 aliphatic carbocycles. The molecule has 0 unspecified atom stereocenters. The van der Waals surface area contributed by atoms with Gasteiger partial charge in [0.2, 0.25) is 0 Å². The Morgan fingerprint density at radius 3 is 0.327 bits per heavy atom. The van der Waals surface area contributed by atoms with E-state index >= 15 is 0 Å². The summed E-state index contributed by atoms with van der Waals surface area (Å²) in [5.74, 6) is -1.87. The molecule has 3 saturated carbocycles. The number of rotatable bonds is 2. The van der Waals surface area contributed by atoms with Crippen molar-refractivity contribution in [3.05, 3.63) is 24.3 Å². The Balaban J connectivity index is -0.000000278. The number of aliphatic hydroxyl groups excluding tert-OH is 2. The molecule has 0 radical (unpaired) electrons. The fourth-order valence-electron chi connectivity index (χ4n) is 6.36. The smallest absolute Gasteiger partial charge is 0.330 e. The summed E-state index contributed by atoms with van der Waals surface area (Å²) in [4.78, 5) is 19.2. The third-order valence-corrected chi connectivity index (χ3v) is 9.73. The first kappa shape index (κ1) is 57.1. The zero-order valence-electron chi connectivity index (χ0n) is 35.5. The quantitative estimate of drug-likeness (QED) is 0.210. The minimum absolute atomic E-state index is 0.176. The summed E-state index contributed by atoms with van der Waals surface area (Å²) in [6.07, 6.45) is 54.0. The Morgan fingerprint density at radius 1 is 0.269 bits per heavy atom. The van der Waals surface area contributed by atoms with E-state index in [9.17, 15) is 9.59 Å². The van der Waals surface area contributed by atoms with Crippen LogP contribution in [0.3, 0.4) is 0 Å². The number of carbonyl (C=O) groups is 2. The largest absolute Gasteiger partial charge is 0.478 e. The van der Waals surface area contributed by atoms with E-state index in [2.05, 4.69) is 13.2 Å². The van der Waals surface area contributed by atoms with Crippen molar-refractivity contribution in [3.8, 4) is 0 Å². The molecular formula is C46H92O6. The summed E-state index contributed by atoms with van der Waals surface area (Å²) in [5, 5.41) is 29.8. The van der Waals surface area contributed by atoms with E-state index in [1.54, 1.807) is 0 Å². The van der Waals surface area contributed by atoms with Crippen LogP contribution in [-0.4, -0.2) is 46.6 Å². The van der Waals surface area contributed by atoms with Crippen molar-refractivity contribution < 1.29 is 30.0 Å². The van der Waals surface area contributed by atoms with Crippen LogP contribution < -0.4 is 0 Å². The average molecular weight is 741 g/mol. The summed E-state index contributed by atoms with van der Waals surface area (Å²) < 4.78 is 0. The van der Waals surface area contributed by atoms with Gasteiger partial charge < -0.3 is 20.4 Å². The molecule has 312 valence electrons. The highest BCUT2D eigenvalue weighted by atomic mass is 16.4. The van der Waals surface area contributed by atoms with Gasteiger partial charge in [0.1, 0.15) is 0 Å². The second kappa shape index (κ2) is 53.7. The number of aliphatic carboxylic acids is 2. The first-order valence-electron chi connectivity index (χ1n) is 22.0. The van der Waals surface area contributed by atoms with Crippen LogP contribution in [-0.2, 0) is 9.59 Å². The molecule has 0 spiro atoms. The molecule has 0 amide bonds. The van der Waals surface area contributed by atoms with Crippen LogP contribution in [0, 0.1) is 0 Å². The van der Waals surface area contributed by atoms with E-state index in [0.717, 1.165) is 14.2 Å². The highest BCUT2D eigenvalue weighted by molar-refractivity contribution is 5.85. The number of hydrogen-bond acceptors (Lipinski definition) is 4. The predicted octanol–water partition coefficient (Wildman–Crippen LogP) is 14.6. The van der Waals surface area contributed by atoms with E-state index in [-0.39, 0.29) is 11.1 Å². The van der Waals surface area contributed by atoms with Crippen molar-refractivity contribution in [2.75, 3.05) is 14.2 Å². The highest BCUT2D eigenvalue weighted by Crippen LogP contribution is 2.18. The second-order valence-corrected chi connectivity index (χ2v) is 14.9. The highest BCUT2D eigenvalue weighted by Gasteiger charge is 1.98. The summed E-state index contributed by atoms with van der Waals surface area (Å²) >= 11 is 0. The minimum Gasteiger partial charge on any atom is -0.478 e. The molecule has 4 N–H and O–H groups in total. The van der Waals surface area contributed by atoms with Gasteiger partial charge in [-0.15, -0.1) is 0 Å². The third kappa shape index (κ3) is 60.4. The molecule has 0 aromatic carbocycles. The van der Waals surface area contributed by atoms with Crippen LogP contribution in [0.1, 0.15) is 245 Å². The first-order chi connectivity index (χ1) is 25.3. The van der Waals surface area contributed by atoms with Crippen LogP contribution in [0.4, 0.5) is 0 Å². The van der Waals surface area contributed by atoms with Gasteiger partial charge in [-0.2, -0.15) is 0 Å². The summed E-state index contributed by atoms with van der Waals surface area (Å²) in [5.41, 5.74) is 0.352. The maximum atomic E-state index is 9.60. The SMILES string of the molecule is C1CCCCCCCCCCC1.C1CCCCCCCCCCC1.C1CCCCCCCCCCC1.C=C(C)C(=O)O.C=C(C)C(=O)O.CO.CO. The number of carboxylic acid groups (broad SMARTS) is 2. The molecule has 0 aromatic rings. The zero-order chi connectivity index (χ0) is 39.8. The predicted molar refractivity (Wildman–Crippen MR) is 227 cm³/mol. The Morgan fingerprint density at radius 2 is 0.308 bits per heavy atom. The topological polar surface area (TPSA) is 115 Å². The molecule has 3 fully saturated rings. The lowest BCUT2D eigenvalue weighted by molar-refractivity contribution is -0.133. The third-order valence-electron chi connectivity index (χ3n) is 9.73. The van der Waals surface area contributed by atoms with Crippen molar-refractivity contribution in [2.24, 2.45) is 0 Å². The molecule has 3 aliphatic rings. The van der Waals surface area contributed by atoms with Gasteiger partial charge in [0.25, 0.3) is 0 Å². The summed E-state index contributed by atoms with van der Waals surface area (Å²) in [7, 11) is 2.00. The Hall–Kier alpha value is -1.66. The van der Waals surface area contributed by atoms with E-state index in [1.165, 1.54) is 245 Å². The molecule has 6 heteroatoms. The van der Waals surface area contributed by atoms with Crippen molar-refractivity contribution in [1.82, 2.24) is 0 Å². The standard InChI is InChI=1S/3C12H24.2C4H6O2.2CH4O/c3*1-2-4-6-8-10-12-11-9-7-5-3-1;2*1-3(2)4(5)6;2*1-2/h3*1-12H2;2*1H2,2H3,(H,5,6);2*2H,1H3. The van der Waals surface area contributed by atoms with Crippen LogP contribution in [0.25, 0.3) is 0 Å². The number of hydrogen-bond donors (Lipinski definition) is 4. The van der Waals surface area contributed by atoms with Crippen LogP contribution in [0.2, 0.25) is 0 Å². The van der Waals surface area contributed by atoms with Gasteiger partial charge >= 0.3 is 11.9 Å². The summed E-state index contributed by atoms with van der Waals surface area (Å²) in [6.45, 7) is 9.20. The van der Waals surface area contributed by atoms with E-state index in [4.69, 9.17) is 20.4 Å². The first-order valence-corrected chi connectivity index (χ1v) is 22.0. The molecule has 0 atom stereocenters. The monoisotopic (exact) mass is 741 g/mol. The fraction of sp³-hybridized carbons (Fsp3) is 0.870. The number of aliphatic hydroxyl groups is 2. The van der Waals surface area contributed by atoms with Gasteiger partial charge in [0, 0.05) is 25.4 Å². The molecular weight excluding hydrogens is 649 g/mol. The van der Waals surface area contributed by atoms with Crippen molar-refractivity contribution in [3.63, 3.8) is 0 Å². The van der Waals surface area contributed by atoms with E-state index in [0.29, 0.717) is 0 Å². The van der Waals surface area contributed by atoms with Gasteiger partial charge in [0.05, 0.1) is 0 Å². The second-order valence-electron chi connectivity index (χ2n) is 14.9. The van der Waals surface area contributed by atoms with Gasteiger partial charge in [-0.3, -0.25) is 0 Å². The Bertz CT molecular complexity index is 486. The van der Waals surface area contributed by atoms with Gasteiger partial charge in [-0.25, -0.2) is 9.59 Å². The molecule has 0 aliphatic heterocycles. The molecule has 0 aromatic heterocycles. The number of carboxylic acids is 2. The maximum absolute atomic E-state index is 9.60. The maximum Gasteiger partial charge on any atom is 0.330 e. The van der Waals surface area contributed by atoms with Crippen molar-refractivity contribution in [1.29, 1.82) is 0 Å². The van der Waals surface area contributed by atoms with Crippen LogP contribution in [0.5, 0.6) is 0 Å². The van der Waals surface area contributed by atoms with Crippen molar-refractivity contribution >= 4 is 11.9 Å². The lowest BCUT2D eigenvalue weighted by Gasteiger charge is -2.05. The Labute approximate surface area is 324 Å². The van der Waals surface area contributed by atoms with E-state index in [1.807, 2.05) is 0 Å². The van der Waals surface area contributed by atoms with E-state index < -0.39 is 11.9 Å². The zero-order valence-corrected chi connectivity index (χ0v) is 35.5. The van der Waals surface area contributed by atoms with Gasteiger partial charge in [-0.05, 0) is 13.8 Å². The Kier molecular flexibility index (Phi) is 58.9. The normalized spacial score (nSPS) is 18.6. The molecule has 3 rings (SSSR count). The molecule has 6 nitrogen and oxygen atoms in total. The van der Waals surface area contributed by atoms with Crippen LogP contribution >= 0.6 is 0 Å². The van der Waals surface area contributed by atoms with Crippen LogP contribution in [0.15, 0.2) is 24.3 Å². The average Bonchev–Trinajstić information content (AvgIpc) is 3.12.